The maximum Gasteiger partial charge on any atom is 0.314 e. The Balaban J connectivity index is 2.15. The standard InChI is InChI=1S/C16H14ClN3O5/c1-9-3-4-10(17)7-13(9)19-16(22)15(21)18-12-6-5-11(20(23)24)8-14(12)25-2/h3-8H,1-2H3,(H,18,21)(H,19,22). The fourth-order valence-electron chi connectivity index (χ4n) is 1.98. The molecule has 0 saturated heterocycles. The number of methoxy groups -OCH3 is 1. The van der Waals surface area contributed by atoms with Gasteiger partial charge in [0.25, 0.3) is 5.69 Å². The quantitative estimate of drug-likeness (QED) is 0.492. The molecule has 2 N–H and O–H groups in total. The summed E-state index contributed by atoms with van der Waals surface area (Å²) in [7, 11) is 1.30. The van der Waals surface area contributed by atoms with E-state index in [0.29, 0.717) is 10.7 Å². The van der Waals surface area contributed by atoms with Crippen LogP contribution in [0.4, 0.5) is 17.1 Å². The molecule has 130 valence electrons. The molecule has 9 heteroatoms. The molecule has 0 aromatic heterocycles. The molecule has 2 aromatic rings. The minimum Gasteiger partial charge on any atom is -0.494 e. The molecule has 0 spiro atoms. The highest BCUT2D eigenvalue weighted by atomic mass is 35.5. The van der Waals surface area contributed by atoms with E-state index in [1.807, 2.05) is 0 Å². The van der Waals surface area contributed by atoms with E-state index in [-0.39, 0.29) is 17.1 Å². The molecule has 0 saturated carbocycles. The van der Waals surface area contributed by atoms with Crippen LogP contribution in [0.5, 0.6) is 5.75 Å². The van der Waals surface area contributed by atoms with Gasteiger partial charge in [0, 0.05) is 16.8 Å². The fourth-order valence-corrected chi connectivity index (χ4v) is 2.16. The van der Waals surface area contributed by atoms with E-state index >= 15 is 0 Å². The molecule has 2 aromatic carbocycles. The van der Waals surface area contributed by atoms with Gasteiger partial charge in [-0.15, -0.1) is 0 Å². The molecule has 2 amide bonds. The van der Waals surface area contributed by atoms with Crippen LogP contribution in [0.2, 0.25) is 5.02 Å². The number of nitrogens with zero attached hydrogens (tertiary/aromatic N) is 1. The molecule has 2 rings (SSSR count). The molecule has 0 aliphatic heterocycles. The van der Waals surface area contributed by atoms with Crippen molar-refractivity contribution in [2.75, 3.05) is 17.7 Å². The highest BCUT2D eigenvalue weighted by Crippen LogP contribution is 2.29. The number of halogens is 1. The number of carbonyl (C=O) groups excluding carboxylic acids is 2. The molecule has 0 radical (unpaired) electrons. The van der Waals surface area contributed by atoms with Gasteiger partial charge in [-0.25, -0.2) is 0 Å². The normalized spacial score (nSPS) is 10.0. The van der Waals surface area contributed by atoms with Gasteiger partial charge in [-0.1, -0.05) is 17.7 Å². The zero-order valence-electron chi connectivity index (χ0n) is 13.3. The monoisotopic (exact) mass is 363 g/mol. The number of carbonyl (C=O) groups is 2. The Bertz CT molecular complexity index is 854. The number of benzene rings is 2. The van der Waals surface area contributed by atoms with Crippen molar-refractivity contribution in [3.63, 3.8) is 0 Å². The minimum absolute atomic E-state index is 0.0642. The summed E-state index contributed by atoms with van der Waals surface area (Å²) in [6.45, 7) is 1.75. The van der Waals surface area contributed by atoms with Crippen LogP contribution >= 0.6 is 11.6 Å². The number of anilines is 2. The van der Waals surface area contributed by atoms with Crippen molar-refractivity contribution in [2.45, 2.75) is 6.92 Å². The molecule has 0 heterocycles. The van der Waals surface area contributed by atoms with Gasteiger partial charge in [0.05, 0.1) is 23.8 Å². The second kappa shape index (κ2) is 7.63. The van der Waals surface area contributed by atoms with E-state index in [1.54, 1.807) is 19.1 Å². The largest absolute Gasteiger partial charge is 0.494 e. The van der Waals surface area contributed by atoms with Gasteiger partial charge in [-0.2, -0.15) is 0 Å². The van der Waals surface area contributed by atoms with Crippen molar-refractivity contribution in [2.24, 2.45) is 0 Å². The maximum atomic E-state index is 12.1. The summed E-state index contributed by atoms with van der Waals surface area (Å²) in [4.78, 5) is 34.3. The van der Waals surface area contributed by atoms with Gasteiger partial charge >= 0.3 is 11.8 Å². The number of nitro benzene ring substituents is 1. The van der Waals surface area contributed by atoms with Gasteiger partial charge < -0.3 is 15.4 Å². The van der Waals surface area contributed by atoms with Crippen LogP contribution in [0.3, 0.4) is 0 Å². The number of nitrogens with one attached hydrogen (secondary N) is 2. The predicted molar refractivity (Wildman–Crippen MR) is 93.1 cm³/mol. The Morgan fingerprint density at radius 2 is 1.72 bits per heavy atom. The molecule has 25 heavy (non-hydrogen) atoms. The first-order valence-electron chi connectivity index (χ1n) is 7.02. The number of aryl methyl sites for hydroxylation is 1. The molecule has 0 atom stereocenters. The van der Waals surface area contributed by atoms with Gasteiger partial charge in [0.2, 0.25) is 0 Å². The second-order valence-corrected chi connectivity index (χ2v) is 5.45. The van der Waals surface area contributed by atoms with E-state index in [2.05, 4.69) is 10.6 Å². The molecule has 8 nitrogen and oxygen atoms in total. The molecule has 0 fully saturated rings. The number of hydrogen-bond acceptors (Lipinski definition) is 5. The van der Waals surface area contributed by atoms with Crippen molar-refractivity contribution >= 4 is 40.5 Å². The van der Waals surface area contributed by atoms with Crippen molar-refractivity contribution in [3.05, 3.63) is 57.1 Å². The van der Waals surface area contributed by atoms with Crippen LogP contribution in [0, 0.1) is 17.0 Å². The average Bonchev–Trinajstić information content (AvgIpc) is 2.58. The highest BCUT2D eigenvalue weighted by molar-refractivity contribution is 6.44. The first kappa shape index (κ1) is 18.2. The zero-order chi connectivity index (χ0) is 18.6. The van der Waals surface area contributed by atoms with E-state index < -0.39 is 16.7 Å². The van der Waals surface area contributed by atoms with Crippen molar-refractivity contribution in [3.8, 4) is 5.75 Å². The van der Waals surface area contributed by atoms with Gasteiger partial charge in [0.15, 0.2) is 0 Å². The van der Waals surface area contributed by atoms with E-state index in [4.69, 9.17) is 16.3 Å². The van der Waals surface area contributed by atoms with E-state index in [1.165, 1.54) is 25.3 Å². The maximum absolute atomic E-state index is 12.1. The van der Waals surface area contributed by atoms with Crippen LogP contribution < -0.4 is 15.4 Å². The highest BCUT2D eigenvalue weighted by Gasteiger charge is 2.18. The summed E-state index contributed by atoms with van der Waals surface area (Å²) in [5.74, 6) is -1.80. The second-order valence-electron chi connectivity index (χ2n) is 5.01. The van der Waals surface area contributed by atoms with Crippen molar-refractivity contribution in [1.82, 2.24) is 0 Å². The lowest BCUT2D eigenvalue weighted by molar-refractivity contribution is -0.384. The summed E-state index contributed by atoms with van der Waals surface area (Å²) in [5, 5.41) is 16.0. The van der Waals surface area contributed by atoms with E-state index in [0.717, 1.165) is 11.6 Å². The third-order valence-electron chi connectivity index (χ3n) is 3.30. The Morgan fingerprint density at radius 1 is 1.08 bits per heavy atom. The molecule has 0 aliphatic rings. The van der Waals surface area contributed by atoms with Crippen LogP contribution in [0.15, 0.2) is 36.4 Å². The smallest absolute Gasteiger partial charge is 0.314 e. The molecule has 0 unspecified atom stereocenters. The lowest BCUT2D eigenvalue weighted by atomic mass is 10.2. The van der Waals surface area contributed by atoms with Gasteiger partial charge in [-0.3, -0.25) is 19.7 Å². The summed E-state index contributed by atoms with van der Waals surface area (Å²) >= 11 is 5.87. The predicted octanol–water partition coefficient (Wildman–Crippen LogP) is 3.14. The summed E-state index contributed by atoms with van der Waals surface area (Å²) < 4.78 is 5.00. The molecule has 0 aliphatic carbocycles. The number of hydrogen-bond donors (Lipinski definition) is 2. The first-order chi connectivity index (χ1) is 11.8. The number of ether oxygens (including phenoxy) is 1. The summed E-state index contributed by atoms with van der Waals surface area (Å²) in [6, 6.07) is 8.51. The summed E-state index contributed by atoms with van der Waals surface area (Å²) in [5.41, 5.74) is 1.08. The van der Waals surface area contributed by atoms with Crippen LogP contribution in [0.25, 0.3) is 0 Å². The number of amides is 2. The summed E-state index contributed by atoms with van der Waals surface area (Å²) in [6.07, 6.45) is 0. The SMILES string of the molecule is COc1cc([N+](=O)[O-])ccc1NC(=O)C(=O)Nc1cc(Cl)ccc1C. The van der Waals surface area contributed by atoms with Crippen LogP contribution in [0.1, 0.15) is 5.56 Å². The Labute approximate surface area is 147 Å². The van der Waals surface area contributed by atoms with Gasteiger partial charge in [-0.05, 0) is 30.7 Å². The zero-order valence-corrected chi connectivity index (χ0v) is 14.1. The van der Waals surface area contributed by atoms with Crippen LogP contribution in [-0.4, -0.2) is 23.8 Å². The Hall–Kier alpha value is -3.13. The third kappa shape index (κ3) is 4.45. The van der Waals surface area contributed by atoms with Crippen molar-refractivity contribution in [1.29, 1.82) is 0 Å². The third-order valence-corrected chi connectivity index (χ3v) is 3.53. The van der Waals surface area contributed by atoms with Crippen molar-refractivity contribution < 1.29 is 19.2 Å². The number of rotatable bonds is 4. The number of nitro groups is 1. The first-order valence-corrected chi connectivity index (χ1v) is 7.40. The minimum atomic E-state index is -0.952. The Morgan fingerprint density at radius 3 is 2.32 bits per heavy atom. The lowest BCUT2D eigenvalue weighted by Gasteiger charge is -2.11. The Kier molecular flexibility index (Phi) is 5.56. The average molecular weight is 364 g/mol. The van der Waals surface area contributed by atoms with E-state index in [9.17, 15) is 19.7 Å². The van der Waals surface area contributed by atoms with Crippen LogP contribution in [-0.2, 0) is 9.59 Å². The number of non-ortho nitro benzene ring substituents is 1. The molecular weight excluding hydrogens is 350 g/mol. The lowest BCUT2D eigenvalue weighted by Crippen LogP contribution is -2.29. The van der Waals surface area contributed by atoms with Gasteiger partial charge in [0.1, 0.15) is 5.75 Å². The molecule has 0 bridgehead atoms. The molecular formula is C16H14ClN3O5. The fraction of sp³-hybridized carbons (Fsp3) is 0.125. The topological polar surface area (TPSA) is 111 Å².